The van der Waals surface area contributed by atoms with Gasteiger partial charge < -0.3 is 10.4 Å². The molecular formula is C15H15F4NO3. The van der Waals surface area contributed by atoms with Crippen molar-refractivity contribution in [2.75, 3.05) is 5.32 Å². The maximum absolute atomic E-state index is 13.7. The van der Waals surface area contributed by atoms with Crippen LogP contribution in [0.1, 0.15) is 37.7 Å². The van der Waals surface area contributed by atoms with E-state index in [1.54, 1.807) is 0 Å². The average molecular weight is 333 g/mol. The van der Waals surface area contributed by atoms with E-state index in [2.05, 4.69) is 5.32 Å². The molecule has 8 heteroatoms. The fourth-order valence-electron chi connectivity index (χ4n) is 2.43. The lowest BCUT2D eigenvalue weighted by Gasteiger charge is -2.15. The molecule has 2 N–H and O–H groups in total. The summed E-state index contributed by atoms with van der Waals surface area (Å²) in [5.41, 5.74) is -0.246. The van der Waals surface area contributed by atoms with Gasteiger partial charge in [-0.3, -0.25) is 9.59 Å². The molecule has 0 unspecified atom stereocenters. The first-order valence-corrected chi connectivity index (χ1v) is 7.00. The molecule has 1 aliphatic rings. The number of benzene rings is 1. The summed E-state index contributed by atoms with van der Waals surface area (Å²) in [5.74, 6) is -2.70. The average Bonchev–Trinajstić information content (AvgIpc) is 3.18. The summed E-state index contributed by atoms with van der Waals surface area (Å²) in [6.07, 6.45) is -5.40. The van der Waals surface area contributed by atoms with Crippen molar-refractivity contribution >= 4 is 17.6 Å². The van der Waals surface area contributed by atoms with Crippen LogP contribution in [0.2, 0.25) is 0 Å². The minimum atomic E-state index is -4.46. The van der Waals surface area contributed by atoms with E-state index in [1.165, 1.54) is 12.1 Å². The number of hydrogen-bond donors (Lipinski definition) is 2. The fourth-order valence-corrected chi connectivity index (χ4v) is 2.43. The van der Waals surface area contributed by atoms with Gasteiger partial charge in [0.15, 0.2) is 0 Å². The van der Waals surface area contributed by atoms with Crippen LogP contribution >= 0.6 is 0 Å². The number of halogens is 4. The van der Waals surface area contributed by atoms with Crippen molar-refractivity contribution in [2.24, 2.45) is 0 Å². The Hall–Kier alpha value is -2.12. The van der Waals surface area contributed by atoms with Crippen LogP contribution in [-0.2, 0) is 15.0 Å². The first-order valence-electron chi connectivity index (χ1n) is 7.00. The molecule has 1 aromatic carbocycles. The van der Waals surface area contributed by atoms with Gasteiger partial charge in [0.25, 0.3) is 0 Å². The second-order valence-corrected chi connectivity index (χ2v) is 5.71. The fraction of sp³-hybridized carbons (Fsp3) is 0.467. The zero-order valence-corrected chi connectivity index (χ0v) is 12.0. The Bertz CT molecular complexity index is 624. The van der Waals surface area contributed by atoms with Crippen LogP contribution in [0.15, 0.2) is 18.2 Å². The van der Waals surface area contributed by atoms with Gasteiger partial charge in [-0.15, -0.1) is 0 Å². The second kappa shape index (κ2) is 6.17. The highest BCUT2D eigenvalue weighted by atomic mass is 19.4. The Labute approximate surface area is 129 Å². The zero-order chi connectivity index (χ0) is 17.3. The van der Waals surface area contributed by atoms with Crippen LogP contribution in [0, 0.1) is 5.82 Å². The van der Waals surface area contributed by atoms with E-state index < -0.39 is 42.1 Å². The molecule has 0 heterocycles. The number of carboxylic acid groups (broad SMARTS) is 1. The SMILES string of the molecule is O=C(O)CC1(c2ccc(F)c(NC(=O)CCC(F)(F)F)c2)CC1. The normalized spacial score (nSPS) is 16.0. The highest BCUT2D eigenvalue weighted by molar-refractivity contribution is 5.91. The Morgan fingerprint density at radius 1 is 1.26 bits per heavy atom. The predicted octanol–water partition coefficient (Wildman–Crippen LogP) is 3.61. The molecule has 0 radical (unpaired) electrons. The molecule has 0 bridgehead atoms. The maximum atomic E-state index is 13.7. The molecule has 126 valence electrons. The number of hydrogen-bond acceptors (Lipinski definition) is 2. The van der Waals surface area contributed by atoms with Gasteiger partial charge in [0.1, 0.15) is 5.82 Å². The molecule has 4 nitrogen and oxygen atoms in total. The molecule has 0 saturated heterocycles. The standard InChI is InChI=1S/C15H15F4NO3/c16-10-2-1-9(14(5-6-14)8-13(22)23)7-11(10)20-12(21)3-4-15(17,18)19/h1-2,7H,3-6,8H2,(H,20,21)(H,22,23). The van der Waals surface area contributed by atoms with Crippen molar-refractivity contribution < 1.29 is 32.3 Å². The summed E-state index contributed by atoms with van der Waals surface area (Å²) in [6, 6.07) is 3.82. The first kappa shape index (κ1) is 17.2. The minimum Gasteiger partial charge on any atom is -0.481 e. The molecule has 2 rings (SSSR count). The zero-order valence-electron chi connectivity index (χ0n) is 12.0. The Balaban J connectivity index is 2.09. The van der Waals surface area contributed by atoms with Gasteiger partial charge in [0.2, 0.25) is 5.91 Å². The number of carbonyl (C=O) groups is 2. The number of anilines is 1. The van der Waals surface area contributed by atoms with Gasteiger partial charge in [0, 0.05) is 11.8 Å². The molecule has 1 saturated carbocycles. The largest absolute Gasteiger partial charge is 0.481 e. The Morgan fingerprint density at radius 2 is 1.91 bits per heavy atom. The van der Waals surface area contributed by atoms with Crippen LogP contribution in [-0.4, -0.2) is 23.2 Å². The van der Waals surface area contributed by atoms with E-state index in [0.717, 1.165) is 6.07 Å². The van der Waals surface area contributed by atoms with Crippen LogP contribution in [0.25, 0.3) is 0 Å². The van der Waals surface area contributed by atoms with E-state index >= 15 is 0 Å². The molecule has 1 aliphatic carbocycles. The van der Waals surface area contributed by atoms with E-state index in [0.29, 0.717) is 18.4 Å². The van der Waals surface area contributed by atoms with E-state index in [-0.39, 0.29) is 12.1 Å². The molecule has 1 fully saturated rings. The molecule has 0 aliphatic heterocycles. The molecule has 0 atom stereocenters. The molecule has 1 aromatic rings. The Kier molecular flexibility index (Phi) is 4.63. The van der Waals surface area contributed by atoms with Crippen molar-refractivity contribution in [1.82, 2.24) is 0 Å². The van der Waals surface area contributed by atoms with Crippen molar-refractivity contribution in [2.45, 2.75) is 43.7 Å². The quantitative estimate of drug-likeness (QED) is 0.782. The molecular weight excluding hydrogens is 318 g/mol. The topological polar surface area (TPSA) is 66.4 Å². The molecule has 23 heavy (non-hydrogen) atoms. The van der Waals surface area contributed by atoms with E-state index in [4.69, 9.17) is 5.11 Å². The molecule has 0 aromatic heterocycles. The lowest BCUT2D eigenvalue weighted by atomic mass is 9.92. The van der Waals surface area contributed by atoms with Crippen LogP contribution in [0.5, 0.6) is 0 Å². The third kappa shape index (κ3) is 4.67. The maximum Gasteiger partial charge on any atom is 0.389 e. The summed E-state index contributed by atoms with van der Waals surface area (Å²) in [4.78, 5) is 22.4. The summed E-state index contributed by atoms with van der Waals surface area (Å²) >= 11 is 0. The highest BCUT2D eigenvalue weighted by Gasteiger charge is 2.46. The van der Waals surface area contributed by atoms with Crippen LogP contribution in [0.3, 0.4) is 0 Å². The molecule has 0 spiro atoms. The van der Waals surface area contributed by atoms with Crippen molar-refractivity contribution in [3.8, 4) is 0 Å². The van der Waals surface area contributed by atoms with Gasteiger partial charge >= 0.3 is 12.1 Å². The first-order chi connectivity index (χ1) is 10.6. The summed E-state index contributed by atoms with van der Waals surface area (Å²) < 4.78 is 49.9. The van der Waals surface area contributed by atoms with E-state index in [9.17, 15) is 27.2 Å². The van der Waals surface area contributed by atoms with Gasteiger partial charge in [-0.05, 0) is 30.5 Å². The third-order valence-corrected chi connectivity index (χ3v) is 3.83. The van der Waals surface area contributed by atoms with Crippen molar-refractivity contribution in [3.05, 3.63) is 29.6 Å². The second-order valence-electron chi connectivity index (χ2n) is 5.71. The summed E-state index contributed by atoms with van der Waals surface area (Å²) in [7, 11) is 0. The van der Waals surface area contributed by atoms with E-state index in [1.807, 2.05) is 0 Å². The number of amides is 1. The number of carbonyl (C=O) groups excluding carboxylic acids is 1. The van der Waals surface area contributed by atoms with Crippen LogP contribution < -0.4 is 5.32 Å². The minimum absolute atomic E-state index is 0.111. The van der Waals surface area contributed by atoms with Crippen LogP contribution in [0.4, 0.5) is 23.2 Å². The van der Waals surface area contributed by atoms with Gasteiger partial charge in [-0.1, -0.05) is 6.07 Å². The van der Waals surface area contributed by atoms with Gasteiger partial charge in [0.05, 0.1) is 18.5 Å². The number of alkyl halides is 3. The lowest BCUT2D eigenvalue weighted by molar-refractivity contribution is -0.142. The number of aliphatic carboxylic acids is 1. The van der Waals surface area contributed by atoms with Crippen molar-refractivity contribution in [3.63, 3.8) is 0 Å². The monoisotopic (exact) mass is 333 g/mol. The van der Waals surface area contributed by atoms with Gasteiger partial charge in [-0.25, -0.2) is 4.39 Å². The summed E-state index contributed by atoms with van der Waals surface area (Å²) in [6.45, 7) is 0. The summed E-state index contributed by atoms with van der Waals surface area (Å²) in [5, 5.41) is 11.0. The molecule has 1 amide bonds. The highest BCUT2D eigenvalue weighted by Crippen LogP contribution is 2.51. The lowest BCUT2D eigenvalue weighted by Crippen LogP contribution is -2.18. The third-order valence-electron chi connectivity index (χ3n) is 3.83. The van der Waals surface area contributed by atoms with Gasteiger partial charge in [-0.2, -0.15) is 13.2 Å². The van der Waals surface area contributed by atoms with Crippen molar-refractivity contribution in [1.29, 1.82) is 0 Å². The number of nitrogens with one attached hydrogen (secondary N) is 1. The number of carboxylic acids is 1. The number of rotatable bonds is 6. The predicted molar refractivity (Wildman–Crippen MR) is 73.5 cm³/mol. The smallest absolute Gasteiger partial charge is 0.389 e. The Morgan fingerprint density at radius 3 is 2.43 bits per heavy atom.